The topological polar surface area (TPSA) is 44.5 Å². The minimum atomic E-state index is 0.160. The molecule has 0 bridgehead atoms. The van der Waals surface area contributed by atoms with Gasteiger partial charge in [-0.3, -0.25) is 0 Å². The van der Waals surface area contributed by atoms with Gasteiger partial charge in [-0.2, -0.15) is 0 Å². The third kappa shape index (κ3) is 2.64. The average molecular weight is 195 g/mol. The van der Waals surface area contributed by atoms with Crippen LogP contribution in [0.2, 0.25) is 0 Å². The van der Waals surface area contributed by atoms with E-state index in [1.165, 1.54) is 0 Å². The van der Waals surface area contributed by atoms with Crippen LogP contribution in [0.25, 0.3) is 0 Å². The molecule has 0 amide bonds. The predicted octanol–water partition coefficient (Wildman–Crippen LogP) is 1.59. The molecule has 0 saturated heterocycles. The van der Waals surface area contributed by atoms with Crippen molar-refractivity contribution in [1.29, 1.82) is 0 Å². The monoisotopic (exact) mass is 195 g/mol. The number of ether oxygens (including phenoxy) is 2. The highest BCUT2D eigenvalue weighted by Crippen LogP contribution is 2.27. The van der Waals surface area contributed by atoms with Gasteiger partial charge in [-0.25, -0.2) is 0 Å². The number of hydrogen-bond acceptors (Lipinski definition) is 3. The number of rotatable bonds is 4. The van der Waals surface area contributed by atoms with Crippen LogP contribution < -0.4 is 15.2 Å². The summed E-state index contributed by atoms with van der Waals surface area (Å²) < 4.78 is 10.3. The highest BCUT2D eigenvalue weighted by molar-refractivity contribution is 5.43. The van der Waals surface area contributed by atoms with Crippen LogP contribution in [0.4, 0.5) is 0 Å². The molecule has 0 aromatic heterocycles. The summed E-state index contributed by atoms with van der Waals surface area (Å²) in [4.78, 5) is 0. The van der Waals surface area contributed by atoms with Gasteiger partial charge < -0.3 is 15.2 Å². The zero-order valence-electron chi connectivity index (χ0n) is 8.91. The van der Waals surface area contributed by atoms with Gasteiger partial charge >= 0.3 is 0 Å². The molecule has 1 aromatic carbocycles. The highest BCUT2D eigenvalue weighted by atomic mass is 16.5. The summed E-state index contributed by atoms with van der Waals surface area (Å²) in [6.45, 7) is 1.98. The number of nitrogens with two attached hydrogens (primary N) is 1. The lowest BCUT2D eigenvalue weighted by Gasteiger charge is -2.10. The number of methoxy groups -OCH3 is 2. The summed E-state index contributed by atoms with van der Waals surface area (Å²) in [5, 5.41) is 0. The predicted molar refractivity (Wildman–Crippen MR) is 56.9 cm³/mol. The Balaban J connectivity index is 2.89. The second-order valence-electron chi connectivity index (χ2n) is 3.37. The van der Waals surface area contributed by atoms with E-state index in [2.05, 4.69) is 0 Å². The van der Waals surface area contributed by atoms with Gasteiger partial charge in [0.1, 0.15) is 0 Å². The highest BCUT2D eigenvalue weighted by Gasteiger charge is 2.05. The van der Waals surface area contributed by atoms with Crippen molar-refractivity contribution < 1.29 is 9.47 Å². The third-order valence-electron chi connectivity index (χ3n) is 2.01. The quantitative estimate of drug-likeness (QED) is 0.793. The number of hydrogen-bond donors (Lipinski definition) is 1. The van der Waals surface area contributed by atoms with E-state index in [9.17, 15) is 0 Å². The van der Waals surface area contributed by atoms with Crippen LogP contribution in [0.5, 0.6) is 11.5 Å². The Bertz CT molecular complexity index is 297. The molecule has 0 unspecified atom stereocenters. The zero-order valence-corrected chi connectivity index (χ0v) is 8.91. The molecule has 0 aliphatic heterocycles. The van der Waals surface area contributed by atoms with E-state index in [4.69, 9.17) is 15.2 Å². The summed E-state index contributed by atoms with van der Waals surface area (Å²) in [6.07, 6.45) is 0.848. The first-order valence-corrected chi connectivity index (χ1v) is 4.64. The van der Waals surface area contributed by atoms with Crippen LogP contribution >= 0.6 is 0 Å². The standard InChI is InChI=1S/C11H17NO2/c1-8(12)6-9-4-5-10(13-2)11(7-9)14-3/h4-5,7-8H,6,12H2,1-3H3/t8-/m1/s1. The van der Waals surface area contributed by atoms with Crippen LogP contribution in [0.1, 0.15) is 12.5 Å². The zero-order chi connectivity index (χ0) is 10.6. The summed E-state index contributed by atoms with van der Waals surface area (Å²) in [5.74, 6) is 1.51. The molecule has 1 rings (SSSR count). The molecular weight excluding hydrogens is 178 g/mol. The van der Waals surface area contributed by atoms with Gasteiger partial charge in [0, 0.05) is 6.04 Å². The third-order valence-corrected chi connectivity index (χ3v) is 2.01. The van der Waals surface area contributed by atoms with Gasteiger partial charge in [0.05, 0.1) is 14.2 Å². The molecule has 0 saturated carbocycles. The summed E-state index contributed by atoms with van der Waals surface area (Å²) in [7, 11) is 3.26. The molecule has 1 aromatic rings. The van der Waals surface area contributed by atoms with Crippen LogP contribution in [-0.4, -0.2) is 20.3 Å². The second-order valence-corrected chi connectivity index (χ2v) is 3.37. The minimum Gasteiger partial charge on any atom is -0.493 e. The van der Waals surface area contributed by atoms with Crippen molar-refractivity contribution in [2.45, 2.75) is 19.4 Å². The van der Waals surface area contributed by atoms with E-state index in [1.807, 2.05) is 25.1 Å². The van der Waals surface area contributed by atoms with Crippen LogP contribution in [-0.2, 0) is 6.42 Å². The number of benzene rings is 1. The van der Waals surface area contributed by atoms with E-state index in [0.717, 1.165) is 23.5 Å². The molecule has 78 valence electrons. The maximum atomic E-state index is 5.71. The van der Waals surface area contributed by atoms with Crippen molar-refractivity contribution >= 4 is 0 Å². The molecule has 2 N–H and O–H groups in total. The first-order chi connectivity index (χ1) is 6.67. The van der Waals surface area contributed by atoms with Gasteiger partial charge in [-0.15, -0.1) is 0 Å². The molecule has 3 nitrogen and oxygen atoms in total. The fourth-order valence-electron chi connectivity index (χ4n) is 1.38. The van der Waals surface area contributed by atoms with Crippen molar-refractivity contribution in [3.8, 4) is 11.5 Å². The van der Waals surface area contributed by atoms with Crippen molar-refractivity contribution in [1.82, 2.24) is 0 Å². The molecule has 0 fully saturated rings. The van der Waals surface area contributed by atoms with Gasteiger partial charge in [-0.05, 0) is 31.0 Å². The van der Waals surface area contributed by atoms with Crippen LogP contribution in [0, 0.1) is 0 Å². The fourth-order valence-corrected chi connectivity index (χ4v) is 1.38. The molecule has 0 radical (unpaired) electrons. The molecule has 0 heterocycles. The summed E-state index contributed by atoms with van der Waals surface area (Å²) in [6, 6.07) is 6.02. The average Bonchev–Trinajstić information content (AvgIpc) is 2.16. The summed E-state index contributed by atoms with van der Waals surface area (Å²) >= 11 is 0. The Morgan fingerprint density at radius 3 is 2.36 bits per heavy atom. The summed E-state index contributed by atoms with van der Waals surface area (Å²) in [5.41, 5.74) is 6.88. The van der Waals surface area contributed by atoms with Crippen molar-refractivity contribution in [3.05, 3.63) is 23.8 Å². The Hall–Kier alpha value is -1.22. The SMILES string of the molecule is COc1ccc(C[C@@H](C)N)cc1OC. The van der Waals surface area contributed by atoms with Crippen molar-refractivity contribution in [3.63, 3.8) is 0 Å². The van der Waals surface area contributed by atoms with Gasteiger partial charge in [0.25, 0.3) is 0 Å². The lowest BCUT2D eigenvalue weighted by Crippen LogP contribution is -2.17. The van der Waals surface area contributed by atoms with E-state index in [1.54, 1.807) is 14.2 Å². The largest absolute Gasteiger partial charge is 0.493 e. The van der Waals surface area contributed by atoms with E-state index in [0.29, 0.717) is 0 Å². The minimum absolute atomic E-state index is 0.160. The van der Waals surface area contributed by atoms with Crippen LogP contribution in [0.15, 0.2) is 18.2 Å². The Morgan fingerprint density at radius 1 is 1.21 bits per heavy atom. The van der Waals surface area contributed by atoms with Crippen LogP contribution in [0.3, 0.4) is 0 Å². The van der Waals surface area contributed by atoms with E-state index < -0.39 is 0 Å². The van der Waals surface area contributed by atoms with Crippen molar-refractivity contribution in [2.75, 3.05) is 14.2 Å². The van der Waals surface area contributed by atoms with Gasteiger partial charge in [0.2, 0.25) is 0 Å². The first kappa shape index (κ1) is 10.9. The molecule has 14 heavy (non-hydrogen) atoms. The van der Waals surface area contributed by atoms with Gasteiger partial charge in [0.15, 0.2) is 11.5 Å². The van der Waals surface area contributed by atoms with E-state index in [-0.39, 0.29) is 6.04 Å². The first-order valence-electron chi connectivity index (χ1n) is 4.64. The lowest BCUT2D eigenvalue weighted by atomic mass is 10.1. The van der Waals surface area contributed by atoms with E-state index >= 15 is 0 Å². The Kier molecular flexibility index (Phi) is 3.77. The molecular formula is C11H17NO2. The molecule has 1 atom stereocenters. The second kappa shape index (κ2) is 4.86. The normalized spacial score (nSPS) is 12.3. The molecule has 3 heteroatoms. The maximum absolute atomic E-state index is 5.71. The molecule has 0 spiro atoms. The molecule has 0 aliphatic rings. The van der Waals surface area contributed by atoms with Crippen molar-refractivity contribution in [2.24, 2.45) is 5.73 Å². The smallest absolute Gasteiger partial charge is 0.160 e. The Morgan fingerprint density at radius 2 is 1.86 bits per heavy atom. The Labute approximate surface area is 84.8 Å². The molecule has 0 aliphatic carbocycles. The maximum Gasteiger partial charge on any atom is 0.160 e. The van der Waals surface area contributed by atoms with Gasteiger partial charge in [-0.1, -0.05) is 6.07 Å². The fraction of sp³-hybridized carbons (Fsp3) is 0.455. The lowest BCUT2D eigenvalue weighted by molar-refractivity contribution is 0.354.